The molecule has 0 fully saturated rings. The van der Waals surface area contributed by atoms with Crippen molar-refractivity contribution in [2.24, 2.45) is 0 Å². The fourth-order valence-electron chi connectivity index (χ4n) is 4.19. The highest BCUT2D eigenvalue weighted by Crippen LogP contribution is 2.39. The second-order valence-corrected chi connectivity index (χ2v) is 7.69. The van der Waals surface area contributed by atoms with Crippen LogP contribution >= 0.6 is 0 Å². The van der Waals surface area contributed by atoms with E-state index in [-0.39, 0.29) is 5.82 Å². The largest absolute Gasteiger partial charge is 0.207 e. The minimum Gasteiger partial charge on any atom is -0.207 e. The van der Waals surface area contributed by atoms with Gasteiger partial charge < -0.3 is 0 Å². The number of hydrogen-bond donors (Lipinski definition) is 0. The molecule has 0 aliphatic rings. The van der Waals surface area contributed by atoms with Gasteiger partial charge in [-0.05, 0) is 69.6 Å². The molecule has 4 rings (SSSR count). The molecule has 0 atom stereocenters. The van der Waals surface area contributed by atoms with Gasteiger partial charge in [-0.25, -0.2) is 4.39 Å². The molecule has 0 radical (unpaired) electrons. The number of halogens is 1. The van der Waals surface area contributed by atoms with Crippen LogP contribution in [0.25, 0.3) is 33.0 Å². The van der Waals surface area contributed by atoms with Gasteiger partial charge in [-0.3, -0.25) is 0 Å². The maximum Gasteiger partial charge on any atom is 0.123 e. The molecule has 29 heavy (non-hydrogen) atoms. The van der Waals surface area contributed by atoms with Crippen LogP contribution in [0.2, 0.25) is 0 Å². The summed E-state index contributed by atoms with van der Waals surface area (Å²) >= 11 is 0. The van der Waals surface area contributed by atoms with Crippen LogP contribution in [-0.2, 0) is 6.42 Å². The Morgan fingerprint density at radius 1 is 0.655 bits per heavy atom. The summed E-state index contributed by atoms with van der Waals surface area (Å²) in [6.07, 6.45) is 5.96. The van der Waals surface area contributed by atoms with E-state index in [2.05, 4.69) is 67.6 Å². The molecule has 0 unspecified atom stereocenters. The summed E-state index contributed by atoms with van der Waals surface area (Å²) in [6.45, 7) is 2.24. The van der Waals surface area contributed by atoms with Crippen molar-refractivity contribution < 1.29 is 4.39 Å². The first-order valence-electron chi connectivity index (χ1n) is 10.6. The molecule has 4 aromatic rings. The molecule has 0 aromatic heterocycles. The summed E-state index contributed by atoms with van der Waals surface area (Å²) in [5.41, 5.74) is 6.21. The molecule has 0 nitrogen and oxygen atoms in total. The van der Waals surface area contributed by atoms with Gasteiger partial charge in [0.15, 0.2) is 0 Å². The first kappa shape index (κ1) is 19.4. The Hall–Kier alpha value is -2.93. The lowest BCUT2D eigenvalue weighted by molar-refractivity contribution is 0.628. The van der Waals surface area contributed by atoms with Crippen LogP contribution in [0.5, 0.6) is 0 Å². The predicted octanol–water partition coefficient (Wildman–Crippen LogP) is 8.44. The highest BCUT2D eigenvalue weighted by molar-refractivity contribution is 6.06. The number of rotatable bonds is 7. The van der Waals surface area contributed by atoms with Gasteiger partial charge in [0.1, 0.15) is 5.82 Å². The zero-order valence-corrected chi connectivity index (χ0v) is 17.0. The van der Waals surface area contributed by atoms with Gasteiger partial charge in [-0.2, -0.15) is 0 Å². The maximum atomic E-state index is 13.6. The molecule has 1 heteroatoms. The van der Waals surface area contributed by atoms with Gasteiger partial charge >= 0.3 is 0 Å². The highest BCUT2D eigenvalue weighted by Gasteiger charge is 2.15. The van der Waals surface area contributed by atoms with Crippen molar-refractivity contribution in [2.75, 3.05) is 0 Å². The quantitative estimate of drug-likeness (QED) is 0.281. The average Bonchev–Trinajstić information content (AvgIpc) is 2.77. The molecule has 0 aliphatic carbocycles. The van der Waals surface area contributed by atoms with Crippen LogP contribution in [-0.4, -0.2) is 0 Å². The van der Waals surface area contributed by atoms with Crippen LogP contribution in [0.15, 0.2) is 84.9 Å². The van der Waals surface area contributed by atoms with E-state index in [0.29, 0.717) is 0 Å². The van der Waals surface area contributed by atoms with E-state index in [1.54, 1.807) is 12.1 Å². The summed E-state index contributed by atoms with van der Waals surface area (Å²) in [7, 11) is 0. The molecular formula is C28H27F. The smallest absolute Gasteiger partial charge is 0.123 e. The molecule has 0 heterocycles. The van der Waals surface area contributed by atoms with E-state index in [4.69, 9.17) is 0 Å². The van der Waals surface area contributed by atoms with Crippen molar-refractivity contribution >= 4 is 10.8 Å². The zero-order valence-electron chi connectivity index (χ0n) is 17.0. The van der Waals surface area contributed by atoms with E-state index in [9.17, 15) is 4.39 Å². The number of aryl methyl sites for hydroxylation is 1. The minimum atomic E-state index is -0.191. The monoisotopic (exact) mass is 382 g/mol. The summed E-state index contributed by atoms with van der Waals surface area (Å²) in [6, 6.07) is 28.5. The Morgan fingerprint density at radius 2 is 1.34 bits per heavy atom. The normalized spacial score (nSPS) is 11.1. The molecule has 0 spiro atoms. The highest BCUT2D eigenvalue weighted by atomic mass is 19.1. The second-order valence-electron chi connectivity index (χ2n) is 7.69. The van der Waals surface area contributed by atoms with Crippen LogP contribution in [0.4, 0.5) is 4.39 Å². The Labute approximate surface area is 173 Å². The van der Waals surface area contributed by atoms with Gasteiger partial charge in [0.05, 0.1) is 0 Å². The third kappa shape index (κ3) is 4.24. The third-order valence-corrected chi connectivity index (χ3v) is 5.64. The van der Waals surface area contributed by atoms with Crippen molar-refractivity contribution in [1.82, 2.24) is 0 Å². The Morgan fingerprint density at radius 3 is 2.07 bits per heavy atom. The summed E-state index contributed by atoms with van der Waals surface area (Å²) in [5.74, 6) is -0.191. The number of benzene rings is 4. The van der Waals surface area contributed by atoms with Crippen LogP contribution in [0.1, 0.15) is 38.2 Å². The number of hydrogen-bond acceptors (Lipinski definition) is 0. The molecular weight excluding hydrogens is 355 g/mol. The summed E-state index contributed by atoms with van der Waals surface area (Å²) < 4.78 is 13.6. The van der Waals surface area contributed by atoms with Crippen LogP contribution in [0.3, 0.4) is 0 Å². The van der Waals surface area contributed by atoms with Crippen molar-refractivity contribution in [1.29, 1.82) is 0 Å². The SMILES string of the molecule is CCCCCCc1cc(-c2ccccc2)c2ccccc2c1-c1ccc(F)cc1. The van der Waals surface area contributed by atoms with Gasteiger partial charge in [0.2, 0.25) is 0 Å². The molecule has 0 N–H and O–H groups in total. The lowest BCUT2D eigenvalue weighted by atomic mass is 9.86. The topological polar surface area (TPSA) is 0 Å². The maximum absolute atomic E-state index is 13.6. The molecule has 0 saturated carbocycles. The van der Waals surface area contributed by atoms with Crippen molar-refractivity contribution in [2.45, 2.75) is 39.0 Å². The Kier molecular flexibility index (Phi) is 6.05. The Bertz CT molecular complexity index is 1080. The van der Waals surface area contributed by atoms with Gasteiger partial charge in [-0.15, -0.1) is 0 Å². The summed E-state index contributed by atoms with van der Waals surface area (Å²) in [5, 5.41) is 2.49. The molecule has 0 saturated heterocycles. The van der Waals surface area contributed by atoms with Crippen molar-refractivity contribution in [3.05, 3.63) is 96.3 Å². The predicted molar refractivity (Wildman–Crippen MR) is 123 cm³/mol. The number of unbranched alkanes of at least 4 members (excludes halogenated alkanes) is 3. The molecule has 0 bridgehead atoms. The van der Waals surface area contributed by atoms with Crippen LogP contribution in [0, 0.1) is 5.82 Å². The first-order chi connectivity index (χ1) is 14.3. The van der Waals surface area contributed by atoms with E-state index >= 15 is 0 Å². The van der Waals surface area contributed by atoms with E-state index in [1.165, 1.54) is 58.7 Å². The standard InChI is InChI=1S/C28H27F/c1-2-3-4-6-13-23-20-27(21-11-7-5-8-12-21)25-14-9-10-15-26(25)28(23)22-16-18-24(29)19-17-22/h5,7-12,14-20H,2-4,6,13H2,1H3. The fraction of sp³-hybridized carbons (Fsp3) is 0.214. The fourth-order valence-corrected chi connectivity index (χ4v) is 4.19. The van der Waals surface area contributed by atoms with Gasteiger partial charge in [0.25, 0.3) is 0 Å². The lowest BCUT2D eigenvalue weighted by Crippen LogP contribution is -1.96. The van der Waals surface area contributed by atoms with Gasteiger partial charge in [0, 0.05) is 0 Å². The molecule has 0 aliphatic heterocycles. The zero-order chi connectivity index (χ0) is 20.1. The summed E-state index contributed by atoms with van der Waals surface area (Å²) in [4.78, 5) is 0. The molecule has 4 aromatic carbocycles. The van der Waals surface area contributed by atoms with Crippen molar-refractivity contribution in [3.8, 4) is 22.3 Å². The lowest BCUT2D eigenvalue weighted by Gasteiger charge is -2.18. The van der Waals surface area contributed by atoms with Crippen LogP contribution < -0.4 is 0 Å². The van der Waals surface area contributed by atoms with E-state index in [0.717, 1.165) is 12.0 Å². The van der Waals surface area contributed by atoms with Gasteiger partial charge in [-0.1, -0.05) is 92.9 Å². The van der Waals surface area contributed by atoms with Crippen molar-refractivity contribution in [3.63, 3.8) is 0 Å². The molecule has 0 amide bonds. The average molecular weight is 383 g/mol. The minimum absolute atomic E-state index is 0.191. The third-order valence-electron chi connectivity index (χ3n) is 5.64. The second kappa shape index (κ2) is 9.05. The number of fused-ring (bicyclic) bond motifs is 1. The Balaban J connectivity index is 1.92. The first-order valence-corrected chi connectivity index (χ1v) is 10.6. The molecule has 146 valence electrons. The van der Waals surface area contributed by atoms with E-state index < -0.39 is 0 Å². The van der Waals surface area contributed by atoms with E-state index in [1.807, 2.05) is 12.1 Å².